The lowest BCUT2D eigenvalue weighted by Crippen LogP contribution is -2.39. The van der Waals surface area contributed by atoms with Crippen molar-refractivity contribution < 1.29 is 4.39 Å². The zero-order valence-electron chi connectivity index (χ0n) is 9.38. The predicted octanol–water partition coefficient (Wildman–Crippen LogP) is 1.62. The molecular formula is C10H14ClFN2O2. The monoisotopic (exact) mass is 248 g/mol. The Kier molecular flexibility index (Phi) is 3.91. The van der Waals surface area contributed by atoms with Gasteiger partial charge in [-0.1, -0.05) is 32.4 Å². The Morgan fingerprint density at radius 1 is 1.38 bits per heavy atom. The van der Waals surface area contributed by atoms with Gasteiger partial charge in [0.05, 0.1) is 0 Å². The van der Waals surface area contributed by atoms with Crippen LogP contribution in [0.15, 0.2) is 9.59 Å². The smallest absolute Gasteiger partial charge is 0.295 e. The Bertz CT molecular complexity index is 493. The molecule has 0 aliphatic heterocycles. The van der Waals surface area contributed by atoms with Crippen LogP contribution in [-0.2, 0) is 6.54 Å². The fourth-order valence-electron chi connectivity index (χ4n) is 1.19. The third kappa shape index (κ3) is 2.52. The van der Waals surface area contributed by atoms with E-state index in [1.165, 1.54) is 0 Å². The van der Waals surface area contributed by atoms with Crippen LogP contribution in [0, 0.1) is 17.7 Å². The zero-order chi connectivity index (χ0) is 12.5. The van der Waals surface area contributed by atoms with Crippen molar-refractivity contribution in [3.63, 3.8) is 0 Å². The van der Waals surface area contributed by atoms with E-state index in [9.17, 15) is 14.0 Å². The molecule has 0 amide bonds. The molecule has 0 aromatic carbocycles. The molecule has 0 fully saturated rings. The Morgan fingerprint density at radius 3 is 2.44 bits per heavy atom. The highest BCUT2D eigenvalue weighted by Gasteiger charge is 2.15. The number of aromatic nitrogens is 2. The minimum atomic E-state index is -1.11. The molecule has 0 spiro atoms. The summed E-state index contributed by atoms with van der Waals surface area (Å²) in [5, 5.41) is -0.538. The zero-order valence-corrected chi connectivity index (χ0v) is 10.1. The standard InChI is InChI=1S/C10H14ClFN2O2/c1-5(2)6(3)4-14-9(15)7(12)8(11)13-10(14)16/h5-6H,4H2,1-3H3,(H,13,16). The molecule has 4 nitrogen and oxygen atoms in total. The molecule has 0 aliphatic rings. The Balaban J connectivity index is 3.21. The van der Waals surface area contributed by atoms with E-state index in [1.54, 1.807) is 0 Å². The predicted molar refractivity (Wildman–Crippen MR) is 60.3 cm³/mol. The van der Waals surface area contributed by atoms with E-state index in [0.717, 1.165) is 4.57 Å². The second kappa shape index (κ2) is 4.82. The van der Waals surface area contributed by atoms with Gasteiger partial charge in [-0.3, -0.25) is 14.3 Å². The molecule has 0 radical (unpaired) electrons. The van der Waals surface area contributed by atoms with Crippen LogP contribution in [0.2, 0.25) is 5.15 Å². The summed E-state index contributed by atoms with van der Waals surface area (Å²) in [6.45, 7) is 6.01. The van der Waals surface area contributed by atoms with Crippen molar-refractivity contribution in [3.05, 3.63) is 31.8 Å². The van der Waals surface area contributed by atoms with Crippen molar-refractivity contribution in [1.82, 2.24) is 9.55 Å². The van der Waals surface area contributed by atoms with Crippen LogP contribution in [0.3, 0.4) is 0 Å². The minimum Gasteiger partial charge on any atom is -0.295 e. The summed E-state index contributed by atoms with van der Waals surface area (Å²) in [7, 11) is 0. The van der Waals surface area contributed by atoms with Gasteiger partial charge in [0.15, 0.2) is 5.15 Å². The van der Waals surface area contributed by atoms with Gasteiger partial charge in [-0.2, -0.15) is 4.39 Å². The lowest BCUT2D eigenvalue weighted by Gasteiger charge is -2.16. The van der Waals surface area contributed by atoms with Crippen molar-refractivity contribution in [2.24, 2.45) is 11.8 Å². The maximum Gasteiger partial charge on any atom is 0.329 e. The largest absolute Gasteiger partial charge is 0.329 e. The van der Waals surface area contributed by atoms with Gasteiger partial charge in [0, 0.05) is 6.54 Å². The molecule has 1 rings (SSSR count). The van der Waals surface area contributed by atoms with E-state index in [2.05, 4.69) is 4.98 Å². The molecule has 0 aliphatic carbocycles. The second-order valence-corrected chi connectivity index (χ2v) is 4.57. The number of aromatic amines is 1. The number of H-pyrrole nitrogens is 1. The molecular weight excluding hydrogens is 235 g/mol. The van der Waals surface area contributed by atoms with E-state index in [-0.39, 0.29) is 12.5 Å². The lowest BCUT2D eigenvalue weighted by molar-refractivity contribution is 0.348. The summed E-state index contributed by atoms with van der Waals surface area (Å²) in [4.78, 5) is 25.0. The summed E-state index contributed by atoms with van der Waals surface area (Å²) in [6, 6.07) is 0. The topological polar surface area (TPSA) is 54.9 Å². The van der Waals surface area contributed by atoms with E-state index >= 15 is 0 Å². The van der Waals surface area contributed by atoms with Gasteiger partial charge in [0.1, 0.15) is 0 Å². The van der Waals surface area contributed by atoms with E-state index < -0.39 is 22.2 Å². The van der Waals surface area contributed by atoms with E-state index in [1.807, 2.05) is 20.8 Å². The summed E-state index contributed by atoms with van der Waals surface area (Å²) in [6.07, 6.45) is 0. The highest BCUT2D eigenvalue weighted by atomic mass is 35.5. The van der Waals surface area contributed by atoms with Crippen LogP contribution in [0.25, 0.3) is 0 Å². The summed E-state index contributed by atoms with van der Waals surface area (Å²) in [5.74, 6) is -0.721. The van der Waals surface area contributed by atoms with E-state index in [0.29, 0.717) is 5.92 Å². The van der Waals surface area contributed by atoms with Crippen LogP contribution in [0.1, 0.15) is 20.8 Å². The normalized spacial score (nSPS) is 13.1. The van der Waals surface area contributed by atoms with Crippen molar-refractivity contribution in [2.75, 3.05) is 0 Å². The third-order valence-electron chi connectivity index (χ3n) is 2.70. The molecule has 0 saturated heterocycles. The van der Waals surface area contributed by atoms with Gasteiger partial charge < -0.3 is 0 Å². The molecule has 1 unspecified atom stereocenters. The first-order valence-corrected chi connectivity index (χ1v) is 5.40. The highest BCUT2D eigenvalue weighted by Crippen LogP contribution is 2.11. The van der Waals surface area contributed by atoms with Crippen molar-refractivity contribution in [3.8, 4) is 0 Å². The Hall–Kier alpha value is -1.10. The molecule has 1 aromatic heterocycles. The van der Waals surface area contributed by atoms with Crippen LogP contribution in [0.4, 0.5) is 4.39 Å². The maximum absolute atomic E-state index is 13.2. The molecule has 1 aromatic rings. The van der Waals surface area contributed by atoms with E-state index in [4.69, 9.17) is 11.6 Å². The quantitative estimate of drug-likeness (QED) is 0.827. The number of halogens is 2. The molecule has 90 valence electrons. The van der Waals surface area contributed by atoms with Gasteiger partial charge in [-0.15, -0.1) is 0 Å². The van der Waals surface area contributed by atoms with Crippen molar-refractivity contribution in [2.45, 2.75) is 27.3 Å². The second-order valence-electron chi connectivity index (χ2n) is 4.20. The van der Waals surface area contributed by atoms with Crippen LogP contribution < -0.4 is 11.2 Å². The lowest BCUT2D eigenvalue weighted by atomic mass is 9.98. The Labute approximate surface area is 97.1 Å². The number of nitrogens with one attached hydrogen (secondary N) is 1. The minimum absolute atomic E-state index is 0.0966. The maximum atomic E-state index is 13.2. The molecule has 16 heavy (non-hydrogen) atoms. The number of rotatable bonds is 3. The average Bonchev–Trinajstić information content (AvgIpc) is 2.20. The number of hydrogen-bond donors (Lipinski definition) is 1. The molecule has 1 N–H and O–H groups in total. The fourth-order valence-corrected chi connectivity index (χ4v) is 1.35. The van der Waals surface area contributed by atoms with Crippen LogP contribution in [0.5, 0.6) is 0 Å². The first kappa shape index (κ1) is 13.0. The SMILES string of the molecule is CC(C)C(C)Cn1c(=O)[nH]c(Cl)c(F)c1=O. The number of nitrogens with zero attached hydrogens (tertiary/aromatic N) is 1. The molecule has 0 saturated carbocycles. The van der Waals surface area contributed by atoms with Gasteiger partial charge in [0.2, 0.25) is 5.82 Å². The highest BCUT2D eigenvalue weighted by molar-refractivity contribution is 6.29. The van der Waals surface area contributed by atoms with Gasteiger partial charge in [-0.25, -0.2) is 4.79 Å². The van der Waals surface area contributed by atoms with Gasteiger partial charge in [-0.05, 0) is 11.8 Å². The molecule has 6 heteroatoms. The fraction of sp³-hybridized carbons (Fsp3) is 0.600. The average molecular weight is 249 g/mol. The van der Waals surface area contributed by atoms with Crippen LogP contribution in [-0.4, -0.2) is 9.55 Å². The molecule has 0 bridgehead atoms. The first-order valence-electron chi connectivity index (χ1n) is 5.02. The van der Waals surface area contributed by atoms with Gasteiger partial charge >= 0.3 is 5.69 Å². The summed E-state index contributed by atoms with van der Waals surface area (Å²) < 4.78 is 14.0. The third-order valence-corrected chi connectivity index (χ3v) is 2.96. The first-order chi connectivity index (χ1) is 7.34. The van der Waals surface area contributed by atoms with Crippen LogP contribution >= 0.6 is 11.6 Å². The van der Waals surface area contributed by atoms with Crippen molar-refractivity contribution >= 4 is 11.6 Å². The summed E-state index contributed by atoms with van der Waals surface area (Å²) >= 11 is 5.35. The van der Waals surface area contributed by atoms with Gasteiger partial charge in [0.25, 0.3) is 5.56 Å². The van der Waals surface area contributed by atoms with Crippen molar-refractivity contribution in [1.29, 1.82) is 0 Å². The molecule has 1 atom stereocenters. The molecule has 1 heterocycles. The summed E-state index contributed by atoms with van der Waals surface area (Å²) in [5.41, 5.74) is -1.65. The number of hydrogen-bond acceptors (Lipinski definition) is 2. The Morgan fingerprint density at radius 2 is 1.94 bits per heavy atom.